The average molecular weight is 370 g/mol. The zero-order chi connectivity index (χ0) is 18.4. The lowest BCUT2D eigenvalue weighted by atomic mass is 10.1. The smallest absolute Gasteiger partial charge is 0.249 e. The van der Waals surface area contributed by atoms with E-state index in [2.05, 4.69) is 31.9 Å². The Kier molecular flexibility index (Phi) is 5.86. The Morgan fingerprint density at radius 2 is 2.04 bits per heavy atom. The first-order valence-electron chi connectivity index (χ1n) is 8.24. The second-order valence-corrected chi connectivity index (χ2v) is 6.19. The van der Waals surface area contributed by atoms with Gasteiger partial charge in [-0.15, -0.1) is 5.10 Å². The first kappa shape index (κ1) is 17.9. The number of halogens is 1. The van der Waals surface area contributed by atoms with Crippen LogP contribution in [0, 0.1) is 6.92 Å². The van der Waals surface area contributed by atoms with E-state index in [1.54, 1.807) is 13.3 Å². The largest absolute Gasteiger partial charge is 0.497 e. The van der Waals surface area contributed by atoms with Crippen LogP contribution in [0.3, 0.4) is 0 Å². The van der Waals surface area contributed by atoms with E-state index in [9.17, 15) is 0 Å². The van der Waals surface area contributed by atoms with Gasteiger partial charge < -0.3 is 15.4 Å². The van der Waals surface area contributed by atoms with Gasteiger partial charge in [-0.1, -0.05) is 29.8 Å². The van der Waals surface area contributed by atoms with Gasteiger partial charge in [-0.2, -0.15) is 10.1 Å². The van der Waals surface area contributed by atoms with E-state index in [1.165, 1.54) is 5.56 Å². The first-order valence-corrected chi connectivity index (χ1v) is 8.61. The number of methoxy groups -OCH3 is 1. The van der Waals surface area contributed by atoms with Gasteiger partial charge in [0.25, 0.3) is 0 Å². The van der Waals surface area contributed by atoms with E-state index >= 15 is 0 Å². The number of benzene rings is 2. The molecule has 0 radical (unpaired) electrons. The summed E-state index contributed by atoms with van der Waals surface area (Å²) >= 11 is 6.14. The summed E-state index contributed by atoms with van der Waals surface area (Å²) in [5.41, 5.74) is 3.02. The highest BCUT2D eigenvalue weighted by Gasteiger charge is 2.03. The van der Waals surface area contributed by atoms with Crippen LogP contribution < -0.4 is 15.4 Å². The van der Waals surface area contributed by atoms with Crippen molar-refractivity contribution in [2.24, 2.45) is 0 Å². The second kappa shape index (κ2) is 8.49. The lowest BCUT2D eigenvalue weighted by Gasteiger charge is -2.09. The molecular weight excluding hydrogens is 350 g/mol. The SMILES string of the molecule is COc1cccc(CCNc2cnnc(Nc3ccc(C)c(Cl)c3)n2)c1. The monoisotopic (exact) mass is 369 g/mol. The summed E-state index contributed by atoms with van der Waals surface area (Å²) < 4.78 is 5.24. The summed E-state index contributed by atoms with van der Waals surface area (Å²) in [5, 5.41) is 15.0. The Morgan fingerprint density at radius 1 is 1.15 bits per heavy atom. The van der Waals surface area contributed by atoms with Gasteiger partial charge in [-0.05, 0) is 48.7 Å². The summed E-state index contributed by atoms with van der Waals surface area (Å²) in [5.74, 6) is 1.93. The third-order valence-electron chi connectivity index (χ3n) is 3.84. The highest BCUT2D eigenvalue weighted by Crippen LogP contribution is 2.22. The number of hydrogen-bond acceptors (Lipinski definition) is 6. The molecule has 1 aromatic heterocycles. The van der Waals surface area contributed by atoms with Crippen LogP contribution in [-0.4, -0.2) is 28.8 Å². The van der Waals surface area contributed by atoms with Crippen molar-refractivity contribution in [2.45, 2.75) is 13.3 Å². The fourth-order valence-electron chi connectivity index (χ4n) is 2.40. The molecule has 0 spiro atoms. The molecule has 0 bridgehead atoms. The van der Waals surface area contributed by atoms with Crippen molar-refractivity contribution in [3.8, 4) is 5.75 Å². The molecule has 0 aliphatic carbocycles. The van der Waals surface area contributed by atoms with Crippen LogP contribution in [0.25, 0.3) is 0 Å². The molecule has 0 unspecified atom stereocenters. The van der Waals surface area contributed by atoms with E-state index in [-0.39, 0.29) is 0 Å². The van der Waals surface area contributed by atoms with E-state index in [4.69, 9.17) is 16.3 Å². The highest BCUT2D eigenvalue weighted by atomic mass is 35.5. The van der Waals surface area contributed by atoms with Crippen LogP contribution in [0.15, 0.2) is 48.7 Å². The molecule has 3 rings (SSSR count). The van der Waals surface area contributed by atoms with E-state index < -0.39 is 0 Å². The second-order valence-electron chi connectivity index (χ2n) is 5.78. The maximum Gasteiger partial charge on any atom is 0.249 e. The van der Waals surface area contributed by atoms with Gasteiger partial charge in [-0.25, -0.2) is 0 Å². The number of anilines is 3. The van der Waals surface area contributed by atoms with Crippen molar-refractivity contribution >= 4 is 29.1 Å². The van der Waals surface area contributed by atoms with Gasteiger partial charge in [0.2, 0.25) is 5.95 Å². The number of nitrogens with zero attached hydrogens (tertiary/aromatic N) is 3. The molecule has 3 aromatic rings. The van der Waals surface area contributed by atoms with Gasteiger partial charge in [0.05, 0.1) is 13.3 Å². The number of rotatable bonds is 7. The van der Waals surface area contributed by atoms with Gasteiger partial charge in [0, 0.05) is 17.3 Å². The van der Waals surface area contributed by atoms with E-state index in [0.29, 0.717) is 16.8 Å². The number of hydrogen-bond donors (Lipinski definition) is 2. The molecule has 0 saturated heterocycles. The van der Waals surface area contributed by atoms with Gasteiger partial charge in [0.1, 0.15) is 5.75 Å². The van der Waals surface area contributed by atoms with Crippen LogP contribution in [0.4, 0.5) is 17.5 Å². The zero-order valence-corrected chi connectivity index (χ0v) is 15.4. The van der Waals surface area contributed by atoms with Crippen molar-refractivity contribution in [1.29, 1.82) is 0 Å². The third kappa shape index (κ3) is 4.83. The molecule has 0 atom stereocenters. The molecule has 2 aromatic carbocycles. The molecule has 26 heavy (non-hydrogen) atoms. The number of aromatic nitrogens is 3. The first-order chi connectivity index (χ1) is 12.6. The molecule has 0 amide bonds. The molecular formula is C19H20ClN5O. The van der Waals surface area contributed by atoms with Gasteiger partial charge >= 0.3 is 0 Å². The van der Waals surface area contributed by atoms with Crippen molar-refractivity contribution < 1.29 is 4.74 Å². The molecule has 0 aliphatic heterocycles. The Balaban J connectivity index is 1.59. The number of aryl methyl sites for hydroxylation is 1. The minimum atomic E-state index is 0.413. The highest BCUT2D eigenvalue weighted by molar-refractivity contribution is 6.31. The fourth-order valence-corrected chi connectivity index (χ4v) is 2.58. The van der Waals surface area contributed by atoms with Crippen LogP contribution in [0.5, 0.6) is 5.75 Å². The fraction of sp³-hybridized carbons (Fsp3) is 0.211. The molecule has 1 heterocycles. The maximum absolute atomic E-state index is 6.14. The molecule has 0 fully saturated rings. The van der Waals surface area contributed by atoms with Crippen molar-refractivity contribution in [3.63, 3.8) is 0 Å². The van der Waals surface area contributed by atoms with E-state index in [1.807, 2.05) is 43.3 Å². The minimum absolute atomic E-state index is 0.413. The number of ether oxygens (including phenoxy) is 1. The van der Waals surface area contributed by atoms with Crippen LogP contribution in [0.1, 0.15) is 11.1 Å². The van der Waals surface area contributed by atoms with Crippen molar-refractivity contribution in [1.82, 2.24) is 15.2 Å². The van der Waals surface area contributed by atoms with Crippen molar-refractivity contribution in [3.05, 3.63) is 64.8 Å². The summed E-state index contributed by atoms with van der Waals surface area (Å²) in [6.45, 7) is 2.68. The molecule has 6 nitrogen and oxygen atoms in total. The predicted octanol–water partition coefficient (Wildman–Crippen LogP) is 4.24. The van der Waals surface area contributed by atoms with Crippen LogP contribution in [-0.2, 0) is 6.42 Å². The topological polar surface area (TPSA) is 72.0 Å². The summed E-state index contributed by atoms with van der Waals surface area (Å²) in [6, 6.07) is 13.7. The van der Waals surface area contributed by atoms with Gasteiger partial charge in [-0.3, -0.25) is 0 Å². The van der Waals surface area contributed by atoms with Crippen LogP contribution in [0.2, 0.25) is 5.02 Å². The lowest BCUT2D eigenvalue weighted by Crippen LogP contribution is -2.09. The third-order valence-corrected chi connectivity index (χ3v) is 4.25. The van der Waals surface area contributed by atoms with Crippen LogP contribution >= 0.6 is 11.6 Å². The Labute approximate surface area is 157 Å². The lowest BCUT2D eigenvalue weighted by molar-refractivity contribution is 0.414. The Morgan fingerprint density at radius 3 is 2.85 bits per heavy atom. The quantitative estimate of drug-likeness (QED) is 0.649. The number of nitrogens with one attached hydrogen (secondary N) is 2. The predicted molar refractivity (Wildman–Crippen MR) is 104 cm³/mol. The maximum atomic E-state index is 6.14. The summed E-state index contributed by atoms with van der Waals surface area (Å²) in [7, 11) is 1.67. The van der Waals surface area contributed by atoms with Crippen molar-refractivity contribution in [2.75, 3.05) is 24.3 Å². The molecule has 0 aliphatic rings. The average Bonchev–Trinajstić information content (AvgIpc) is 2.65. The Bertz CT molecular complexity index is 887. The molecule has 134 valence electrons. The molecule has 0 saturated carbocycles. The minimum Gasteiger partial charge on any atom is -0.497 e. The molecule has 7 heteroatoms. The molecule has 2 N–H and O–H groups in total. The van der Waals surface area contributed by atoms with Gasteiger partial charge in [0.15, 0.2) is 5.82 Å². The normalized spacial score (nSPS) is 10.4. The standard InChI is InChI=1S/C19H20ClN5O/c1-13-6-7-15(11-17(13)20)23-19-24-18(12-22-25-19)21-9-8-14-4-3-5-16(10-14)26-2/h3-7,10-12H,8-9H2,1-2H3,(H2,21,23,24,25). The zero-order valence-electron chi connectivity index (χ0n) is 14.7. The van der Waals surface area contributed by atoms with E-state index in [0.717, 1.165) is 30.0 Å². The summed E-state index contributed by atoms with van der Waals surface area (Å²) in [6.07, 6.45) is 2.44. The summed E-state index contributed by atoms with van der Waals surface area (Å²) in [4.78, 5) is 4.42. The Hall–Kier alpha value is -2.86.